The third kappa shape index (κ3) is 2.55. The first-order valence-electron chi connectivity index (χ1n) is 4.24. The molecule has 1 aliphatic carbocycles. The van der Waals surface area contributed by atoms with E-state index >= 15 is 0 Å². The van der Waals surface area contributed by atoms with Crippen LogP contribution in [0.1, 0.15) is 33.1 Å². The zero-order chi connectivity index (χ0) is 8.16. The molecule has 1 saturated heterocycles. The molecule has 2 rings (SSSR count). The van der Waals surface area contributed by atoms with E-state index in [0.29, 0.717) is 0 Å². The Labute approximate surface area is 69.1 Å². The molecule has 0 aromatic heterocycles. The zero-order valence-electron chi connectivity index (χ0n) is 7.44. The largest absolute Gasteiger partial charge is 0.381 e. The maximum atomic E-state index is 5.22. The lowest BCUT2D eigenvalue weighted by Gasteiger charge is -1.95. The Bertz CT molecular complexity index is 155. The van der Waals surface area contributed by atoms with Gasteiger partial charge >= 0.3 is 0 Å². The first-order chi connectivity index (χ1) is 5.33. The maximum Gasteiger partial charge on any atom is 0.0523 e. The minimum atomic E-state index is 0.722. The van der Waals surface area contributed by atoms with Gasteiger partial charge in [0.25, 0.3) is 0 Å². The molecule has 11 heavy (non-hydrogen) atoms. The summed E-state index contributed by atoms with van der Waals surface area (Å²) in [6.07, 6.45) is 4.22. The van der Waals surface area contributed by atoms with Crippen LogP contribution in [-0.4, -0.2) is 13.2 Å². The lowest BCUT2D eigenvalue weighted by molar-refractivity contribution is 0.182. The predicted octanol–water partition coefficient (Wildman–Crippen LogP) is 2.22. The summed E-state index contributed by atoms with van der Waals surface area (Å²) in [6, 6.07) is 0. The first-order valence-corrected chi connectivity index (χ1v) is 4.24. The Morgan fingerprint density at radius 1 is 1.09 bits per heavy atom. The second-order valence-corrected chi connectivity index (χ2v) is 3.30. The highest BCUT2D eigenvalue weighted by Crippen LogP contribution is 2.51. The van der Waals surface area contributed by atoms with Crippen molar-refractivity contribution in [1.29, 1.82) is 0 Å². The highest BCUT2D eigenvalue weighted by atomic mass is 16.5. The van der Waals surface area contributed by atoms with Crippen molar-refractivity contribution in [2.45, 2.75) is 33.1 Å². The van der Waals surface area contributed by atoms with Crippen molar-refractivity contribution in [3.05, 3.63) is 0 Å². The van der Waals surface area contributed by atoms with Gasteiger partial charge in [0.1, 0.15) is 0 Å². The molecule has 0 aromatic rings. The van der Waals surface area contributed by atoms with Crippen molar-refractivity contribution < 1.29 is 4.74 Å². The van der Waals surface area contributed by atoms with E-state index in [0.717, 1.165) is 18.6 Å². The first kappa shape index (κ1) is 8.62. The molecule has 0 bridgehead atoms. The van der Waals surface area contributed by atoms with Crippen LogP contribution in [0.15, 0.2) is 0 Å². The van der Waals surface area contributed by atoms with Crippen molar-refractivity contribution in [2.75, 3.05) is 13.2 Å². The molecule has 0 aromatic carbocycles. The Morgan fingerprint density at radius 2 is 1.73 bits per heavy atom. The lowest BCUT2D eigenvalue weighted by Crippen LogP contribution is -1.95. The normalized spacial score (nSPS) is 23.1. The number of hydrogen-bond donors (Lipinski definition) is 0. The Kier molecular flexibility index (Phi) is 2.96. The van der Waals surface area contributed by atoms with Gasteiger partial charge in [-0.25, -0.2) is 0 Å². The molecule has 0 amide bonds. The SMILES string of the molecule is C1CC2(CC2)CO1.CC#CC. The van der Waals surface area contributed by atoms with Crippen LogP contribution in [0.5, 0.6) is 0 Å². The molecule has 0 N–H and O–H groups in total. The maximum absolute atomic E-state index is 5.22. The van der Waals surface area contributed by atoms with Crippen molar-refractivity contribution in [3.8, 4) is 11.8 Å². The van der Waals surface area contributed by atoms with Crippen LogP contribution in [0, 0.1) is 17.3 Å². The van der Waals surface area contributed by atoms with E-state index in [2.05, 4.69) is 11.8 Å². The van der Waals surface area contributed by atoms with Gasteiger partial charge < -0.3 is 4.74 Å². The third-order valence-electron chi connectivity index (χ3n) is 2.39. The van der Waals surface area contributed by atoms with Crippen molar-refractivity contribution in [3.63, 3.8) is 0 Å². The second-order valence-electron chi connectivity index (χ2n) is 3.30. The molecule has 1 nitrogen and oxygen atoms in total. The Balaban J connectivity index is 0.000000134. The molecule has 1 saturated carbocycles. The van der Waals surface area contributed by atoms with Crippen LogP contribution in [0.3, 0.4) is 0 Å². The van der Waals surface area contributed by atoms with Gasteiger partial charge in [0.05, 0.1) is 6.61 Å². The van der Waals surface area contributed by atoms with Gasteiger partial charge in [-0.05, 0) is 38.5 Å². The summed E-state index contributed by atoms with van der Waals surface area (Å²) in [5.74, 6) is 5.36. The van der Waals surface area contributed by atoms with Crippen molar-refractivity contribution in [1.82, 2.24) is 0 Å². The number of ether oxygens (including phenoxy) is 1. The van der Waals surface area contributed by atoms with Gasteiger partial charge in [-0.15, -0.1) is 11.8 Å². The average molecular weight is 152 g/mol. The smallest absolute Gasteiger partial charge is 0.0523 e. The minimum absolute atomic E-state index is 0.722. The molecular weight excluding hydrogens is 136 g/mol. The number of rotatable bonds is 0. The number of hydrogen-bond acceptors (Lipinski definition) is 1. The molecule has 2 aliphatic rings. The second kappa shape index (κ2) is 3.78. The van der Waals surface area contributed by atoms with E-state index in [1.54, 1.807) is 0 Å². The molecule has 1 heteroatoms. The fourth-order valence-electron chi connectivity index (χ4n) is 1.22. The predicted molar refractivity (Wildman–Crippen MR) is 46.2 cm³/mol. The fraction of sp³-hybridized carbons (Fsp3) is 0.800. The van der Waals surface area contributed by atoms with E-state index in [4.69, 9.17) is 4.74 Å². The van der Waals surface area contributed by atoms with Gasteiger partial charge in [-0.1, -0.05) is 0 Å². The molecule has 0 unspecified atom stereocenters. The van der Waals surface area contributed by atoms with E-state index < -0.39 is 0 Å². The molecule has 1 spiro atoms. The topological polar surface area (TPSA) is 9.23 Å². The van der Waals surface area contributed by atoms with Crippen LogP contribution < -0.4 is 0 Å². The van der Waals surface area contributed by atoms with Gasteiger partial charge in [0.2, 0.25) is 0 Å². The van der Waals surface area contributed by atoms with Crippen molar-refractivity contribution >= 4 is 0 Å². The molecular formula is C10H16O. The van der Waals surface area contributed by atoms with Gasteiger partial charge in [-0.2, -0.15) is 0 Å². The molecule has 1 aliphatic heterocycles. The fourth-order valence-corrected chi connectivity index (χ4v) is 1.22. The molecule has 62 valence electrons. The van der Waals surface area contributed by atoms with Crippen LogP contribution in [0.4, 0.5) is 0 Å². The molecule has 0 radical (unpaired) electrons. The van der Waals surface area contributed by atoms with E-state index in [1.165, 1.54) is 19.3 Å². The van der Waals surface area contributed by atoms with Crippen LogP contribution >= 0.6 is 0 Å². The summed E-state index contributed by atoms with van der Waals surface area (Å²) in [5.41, 5.74) is 0.722. The summed E-state index contributed by atoms with van der Waals surface area (Å²) in [5, 5.41) is 0. The van der Waals surface area contributed by atoms with Gasteiger partial charge in [-0.3, -0.25) is 0 Å². The summed E-state index contributed by atoms with van der Waals surface area (Å²) in [7, 11) is 0. The van der Waals surface area contributed by atoms with E-state index in [-0.39, 0.29) is 0 Å². The summed E-state index contributed by atoms with van der Waals surface area (Å²) in [6.45, 7) is 5.73. The minimum Gasteiger partial charge on any atom is -0.381 e. The monoisotopic (exact) mass is 152 g/mol. The van der Waals surface area contributed by atoms with Crippen LogP contribution in [-0.2, 0) is 4.74 Å². The molecule has 1 heterocycles. The summed E-state index contributed by atoms with van der Waals surface area (Å²) >= 11 is 0. The molecule has 0 atom stereocenters. The van der Waals surface area contributed by atoms with Crippen LogP contribution in [0.25, 0.3) is 0 Å². The Hall–Kier alpha value is -0.480. The summed E-state index contributed by atoms with van der Waals surface area (Å²) < 4.78 is 5.22. The van der Waals surface area contributed by atoms with E-state index in [9.17, 15) is 0 Å². The van der Waals surface area contributed by atoms with E-state index in [1.807, 2.05) is 13.8 Å². The molecule has 2 fully saturated rings. The highest BCUT2D eigenvalue weighted by Gasteiger charge is 2.45. The van der Waals surface area contributed by atoms with Crippen LogP contribution in [0.2, 0.25) is 0 Å². The van der Waals surface area contributed by atoms with Gasteiger partial charge in [0, 0.05) is 6.61 Å². The van der Waals surface area contributed by atoms with Crippen molar-refractivity contribution in [2.24, 2.45) is 5.41 Å². The van der Waals surface area contributed by atoms with Gasteiger partial charge in [0.15, 0.2) is 0 Å². The standard InChI is InChI=1S/C6H10O.C4H6/c1-2-6(1)3-4-7-5-6;1-3-4-2/h1-5H2;1-2H3. The quantitative estimate of drug-likeness (QED) is 0.484. The zero-order valence-corrected chi connectivity index (χ0v) is 7.44. The summed E-state index contributed by atoms with van der Waals surface area (Å²) in [4.78, 5) is 0. The Morgan fingerprint density at radius 3 is 1.91 bits per heavy atom. The third-order valence-corrected chi connectivity index (χ3v) is 2.39. The average Bonchev–Trinajstić information content (AvgIpc) is 2.61. The highest BCUT2D eigenvalue weighted by molar-refractivity contribution is 4.95. The lowest BCUT2D eigenvalue weighted by atomic mass is 10.1.